The third-order valence-corrected chi connectivity index (χ3v) is 4.97. The van der Waals surface area contributed by atoms with Crippen molar-refractivity contribution in [3.8, 4) is 5.69 Å². The summed E-state index contributed by atoms with van der Waals surface area (Å²) in [7, 11) is 0. The van der Waals surface area contributed by atoms with E-state index in [4.69, 9.17) is 0 Å². The summed E-state index contributed by atoms with van der Waals surface area (Å²) in [6, 6.07) is 9.88. The molecule has 8 nitrogen and oxygen atoms in total. The van der Waals surface area contributed by atoms with Crippen LogP contribution in [0.4, 0.5) is 0 Å². The summed E-state index contributed by atoms with van der Waals surface area (Å²) < 4.78 is 4.80. The zero-order valence-electron chi connectivity index (χ0n) is 15.8. The molecule has 4 rings (SSSR count). The average Bonchev–Trinajstić information content (AvgIpc) is 3.20. The number of nitrogens with zero attached hydrogens (tertiary/aromatic N) is 5. The third-order valence-electron chi connectivity index (χ3n) is 4.97. The van der Waals surface area contributed by atoms with E-state index in [2.05, 4.69) is 15.5 Å². The number of benzene rings is 1. The molecule has 0 saturated heterocycles. The molecular formula is C20H24N6O2. The Bertz CT molecular complexity index is 1000. The van der Waals surface area contributed by atoms with Crippen molar-refractivity contribution >= 4 is 5.91 Å². The molecule has 1 aliphatic heterocycles. The first-order chi connectivity index (χ1) is 13.7. The number of carbonyl (C=O) groups is 1. The monoisotopic (exact) mass is 380 g/mol. The zero-order chi connectivity index (χ0) is 19.3. The lowest BCUT2D eigenvalue weighted by atomic mass is 10.2. The summed E-state index contributed by atoms with van der Waals surface area (Å²) in [5.74, 6) is 0.592. The van der Waals surface area contributed by atoms with Gasteiger partial charge in [0.2, 0.25) is 5.91 Å². The van der Waals surface area contributed by atoms with Gasteiger partial charge in [-0.15, -0.1) is 0 Å². The van der Waals surface area contributed by atoms with E-state index in [0.29, 0.717) is 19.5 Å². The average molecular weight is 380 g/mol. The van der Waals surface area contributed by atoms with Gasteiger partial charge in [-0.05, 0) is 37.0 Å². The number of para-hydroxylation sites is 1. The maximum Gasteiger partial charge on any atom is 0.346 e. The zero-order valence-corrected chi connectivity index (χ0v) is 15.8. The van der Waals surface area contributed by atoms with Gasteiger partial charge in [0.05, 0.1) is 11.9 Å². The molecule has 2 aromatic heterocycles. The molecule has 0 bridgehead atoms. The molecule has 28 heavy (non-hydrogen) atoms. The fourth-order valence-electron chi connectivity index (χ4n) is 3.48. The second kappa shape index (κ2) is 8.24. The van der Waals surface area contributed by atoms with Crippen LogP contribution >= 0.6 is 0 Å². The van der Waals surface area contributed by atoms with Gasteiger partial charge in [0, 0.05) is 25.7 Å². The number of aryl methyl sites for hydroxylation is 1. The van der Waals surface area contributed by atoms with Crippen LogP contribution < -0.4 is 11.0 Å². The van der Waals surface area contributed by atoms with Crippen LogP contribution in [-0.2, 0) is 30.7 Å². The van der Waals surface area contributed by atoms with Crippen molar-refractivity contribution in [2.45, 2.75) is 45.2 Å². The lowest BCUT2D eigenvalue weighted by Crippen LogP contribution is -2.34. The Morgan fingerprint density at radius 2 is 2.00 bits per heavy atom. The summed E-state index contributed by atoms with van der Waals surface area (Å²) >= 11 is 0. The highest BCUT2D eigenvalue weighted by atomic mass is 16.2. The van der Waals surface area contributed by atoms with Crippen molar-refractivity contribution < 1.29 is 4.79 Å². The van der Waals surface area contributed by atoms with Gasteiger partial charge >= 0.3 is 5.69 Å². The van der Waals surface area contributed by atoms with Crippen LogP contribution in [0.2, 0.25) is 0 Å². The van der Waals surface area contributed by atoms with Crippen LogP contribution in [0, 0.1) is 0 Å². The Balaban J connectivity index is 1.30. The van der Waals surface area contributed by atoms with Gasteiger partial charge in [-0.25, -0.2) is 14.2 Å². The molecule has 3 aromatic rings. The van der Waals surface area contributed by atoms with E-state index >= 15 is 0 Å². The largest absolute Gasteiger partial charge is 0.354 e. The van der Waals surface area contributed by atoms with Crippen molar-refractivity contribution in [2.75, 3.05) is 6.54 Å². The maximum atomic E-state index is 12.4. The number of hydrogen-bond donors (Lipinski definition) is 1. The number of hydrogen-bond acceptors (Lipinski definition) is 4. The van der Waals surface area contributed by atoms with Crippen molar-refractivity contribution in [3.63, 3.8) is 0 Å². The Morgan fingerprint density at radius 3 is 2.86 bits per heavy atom. The van der Waals surface area contributed by atoms with Gasteiger partial charge in [-0.2, -0.15) is 10.2 Å². The molecule has 1 amide bonds. The Kier molecular flexibility index (Phi) is 5.36. The predicted octanol–water partition coefficient (Wildman–Crippen LogP) is 1.32. The number of rotatable bonds is 6. The van der Waals surface area contributed by atoms with Gasteiger partial charge < -0.3 is 5.32 Å². The maximum absolute atomic E-state index is 12.4. The van der Waals surface area contributed by atoms with Gasteiger partial charge in [0.25, 0.3) is 0 Å². The third kappa shape index (κ3) is 4.05. The van der Waals surface area contributed by atoms with Crippen LogP contribution in [0.3, 0.4) is 0 Å². The Hall–Kier alpha value is -3.16. The van der Waals surface area contributed by atoms with E-state index in [1.165, 1.54) is 4.68 Å². The molecule has 1 aliphatic rings. The molecule has 0 atom stereocenters. The van der Waals surface area contributed by atoms with Gasteiger partial charge in [-0.3, -0.25) is 9.36 Å². The summed E-state index contributed by atoms with van der Waals surface area (Å²) in [6.07, 6.45) is 8.38. The number of fused-ring (bicyclic) bond motifs is 1. The minimum absolute atomic E-state index is 0.0396. The molecule has 0 aliphatic carbocycles. The predicted molar refractivity (Wildman–Crippen MR) is 104 cm³/mol. The highest BCUT2D eigenvalue weighted by Crippen LogP contribution is 2.10. The molecule has 0 saturated carbocycles. The minimum Gasteiger partial charge on any atom is -0.354 e. The van der Waals surface area contributed by atoms with Crippen LogP contribution in [0.1, 0.15) is 30.7 Å². The second-order valence-electron chi connectivity index (χ2n) is 7.05. The first kappa shape index (κ1) is 18.2. The van der Waals surface area contributed by atoms with Gasteiger partial charge in [0.1, 0.15) is 12.4 Å². The van der Waals surface area contributed by atoms with Crippen LogP contribution in [0.15, 0.2) is 47.5 Å². The van der Waals surface area contributed by atoms with Crippen LogP contribution in [0.25, 0.3) is 5.69 Å². The van der Waals surface area contributed by atoms with Crippen molar-refractivity contribution in [1.29, 1.82) is 0 Å². The molecule has 0 fully saturated rings. The molecule has 3 heterocycles. The van der Waals surface area contributed by atoms with E-state index in [1.807, 2.05) is 41.2 Å². The highest BCUT2D eigenvalue weighted by molar-refractivity contribution is 5.75. The standard InChI is InChI=1S/C20H24N6O2/c27-19(15-26-20(28)24-12-6-2-5-9-18(24)23-26)21-11-10-16-13-22-25(14-16)17-7-3-1-4-8-17/h1,3-4,7-8,13-14H,2,5-6,9-12,15H2,(H,21,27). The Labute approximate surface area is 162 Å². The molecule has 1 aromatic carbocycles. The first-order valence-corrected chi connectivity index (χ1v) is 9.73. The fraction of sp³-hybridized carbons (Fsp3) is 0.400. The molecule has 0 radical (unpaired) electrons. The van der Waals surface area contributed by atoms with E-state index in [-0.39, 0.29) is 18.1 Å². The van der Waals surface area contributed by atoms with Gasteiger partial charge in [-0.1, -0.05) is 24.6 Å². The summed E-state index contributed by atoms with van der Waals surface area (Å²) in [5.41, 5.74) is 1.85. The minimum atomic E-state index is -0.203. The lowest BCUT2D eigenvalue weighted by molar-refractivity contribution is -0.121. The van der Waals surface area contributed by atoms with Crippen molar-refractivity contribution in [3.05, 3.63) is 64.6 Å². The van der Waals surface area contributed by atoms with E-state index < -0.39 is 0 Å². The van der Waals surface area contributed by atoms with Crippen LogP contribution in [0.5, 0.6) is 0 Å². The summed E-state index contributed by atoms with van der Waals surface area (Å²) in [6.45, 7) is 1.14. The normalized spacial score (nSPS) is 13.7. The molecule has 8 heteroatoms. The van der Waals surface area contributed by atoms with Gasteiger partial charge in [0.15, 0.2) is 0 Å². The highest BCUT2D eigenvalue weighted by Gasteiger charge is 2.17. The number of amides is 1. The Morgan fingerprint density at radius 1 is 1.14 bits per heavy atom. The van der Waals surface area contributed by atoms with Crippen molar-refractivity contribution in [1.82, 2.24) is 29.4 Å². The fourth-order valence-corrected chi connectivity index (χ4v) is 3.48. The van der Waals surface area contributed by atoms with E-state index in [0.717, 1.165) is 42.8 Å². The SMILES string of the molecule is O=C(Cn1nc2n(c1=O)CCCCC2)NCCc1cnn(-c2ccccc2)c1. The molecular weight excluding hydrogens is 356 g/mol. The molecule has 0 spiro atoms. The molecule has 0 unspecified atom stereocenters. The summed E-state index contributed by atoms with van der Waals surface area (Å²) in [4.78, 5) is 24.6. The quantitative estimate of drug-likeness (QED) is 0.699. The lowest BCUT2D eigenvalue weighted by Gasteiger charge is -2.04. The second-order valence-corrected chi connectivity index (χ2v) is 7.05. The van der Waals surface area contributed by atoms with Crippen LogP contribution in [-0.4, -0.2) is 36.6 Å². The number of aromatic nitrogens is 5. The van der Waals surface area contributed by atoms with E-state index in [9.17, 15) is 9.59 Å². The molecule has 146 valence electrons. The van der Waals surface area contributed by atoms with E-state index in [1.54, 1.807) is 10.8 Å². The summed E-state index contributed by atoms with van der Waals surface area (Å²) in [5, 5.41) is 11.6. The number of nitrogens with one attached hydrogen (secondary N) is 1. The molecule has 1 N–H and O–H groups in total. The van der Waals surface area contributed by atoms with Crippen molar-refractivity contribution in [2.24, 2.45) is 0 Å². The smallest absolute Gasteiger partial charge is 0.346 e. The first-order valence-electron chi connectivity index (χ1n) is 9.73. The topological polar surface area (TPSA) is 86.7 Å². The number of carbonyl (C=O) groups excluding carboxylic acids is 1.